The Bertz CT molecular complexity index is 506. The Labute approximate surface area is 120 Å². The molecule has 1 atom stereocenters. The summed E-state index contributed by atoms with van der Waals surface area (Å²) in [6.45, 7) is 6.24. The highest BCUT2D eigenvalue weighted by molar-refractivity contribution is 6.08. The first-order valence-corrected chi connectivity index (χ1v) is 7.55. The predicted octanol–water partition coefficient (Wildman–Crippen LogP) is 2.22. The van der Waals surface area contributed by atoms with Crippen molar-refractivity contribution in [2.75, 3.05) is 43.4 Å². The molecule has 1 unspecified atom stereocenters. The Kier molecular flexibility index (Phi) is 3.66. The van der Waals surface area contributed by atoms with Gasteiger partial charge in [-0.25, -0.2) is 0 Å². The van der Waals surface area contributed by atoms with E-state index in [2.05, 4.69) is 41.2 Å². The molecule has 4 heteroatoms. The zero-order valence-electron chi connectivity index (χ0n) is 12.4. The van der Waals surface area contributed by atoms with E-state index in [4.69, 9.17) is 0 Å². The average Bonchev–Trinajstić information content (AvgIpc) is 2.47. The molecule has 0 amide bonds. The van der Waals surface area contributed by atoms with Gasteiger partial charge in [-0.1, -0.05) is 13.0 Å². The summed E-state index contributed by atoms with van der Waals surface area (Å²) in [7, 11) is 2.15. The van der Waals surface area contributed by atoms with Crippen molar-refractivity contribution in [3.63, 3.8) is 0 Å². The first-order chi connectivity index (χ1) is 9.69. The van der Waals surface area contributed by atoms with E-state index in [9.17, 15) is 4.79 Å². The average molecular weight is 273 g/mol. The number of piperazine rings is 1. The lowest BCUT2D eigenvalue weighted by Crippen LogP contribution is -2.45. The van der Waals surface area contributed by atoms with E-state index < -0.39 is 0 Å². The first kappa shape index (κ1) is 13.4. The molecule has 0 bridgehead atoms. The molecule has 1 fully saturated rings. The van der Waals surface area contributed by atoms with Gasteiger partial charge in [0.15, 0.2) is 5.78 Å². The molecule has 3 rings (SSSR count). The molecule has 2 aliphatic rings. The number of nitrogens with zero attached hydrogens (tertiary/aromatic N) is 2. The fourth-order valence-electron chi connectivity index (χ4n) is 3.11. The van der Waals surface area contributed by atoms with Crippen LogP contribution in [-0.4, -0.2) is 50.0 Å². The number of likely N-dealkylation sites (N-methyl/N-ethyl adjacent to an activating group) is 1. The Hall–Kier alpha value is -1.55. The number of nitrogens with one attached hydrogen (secondary N) is 1. The summed E-state index contributed by atoms with van der Waals surface area (Å²) in [5.74, 6) is 0.292. The van der Waals surface area contributed by atoms with E-state index in [1.165, 1.54) is 0 Å². The van der Waals surface area contributed by atoms with Crippen molar-refractivity contribution in [2.45, 2.75) is 25.8 Å². The van der Waals surface area contributed by atoms with Crippen LogP contribution in [0.3, 0.4) is 0 Å². The minimum Gasteiger partial charge on any atom is -0.381 e. The molecule has 0 aliphatic carbocycles. The number of carbonyl (C=O) groups excluding carboxylic acids is 1. The highest BCUT2D eigenvalue weighted by Gasteiger charge is 2.28. The van der Waals surface area contributed by atoms with Crippen LogP contribution in [-0.2, 0) is 0 Å². The van der Waals surface area contributed by atoms with Crippen LogP contribution < -0.4 is 10.2 Å². The first-order valence-electron chi connectivity index (χ1n) is 7.55. The number of Topliss-reactive ketones (excluding diaryl/α,β-unsaturated/α-hetero) is 1. The van der Waals surface area contributed by atoms with Crippen LogP contribution in [0.5, 0.6) is 0 Å². The van der Waals surface area contributed by atoms with Crippen LogP contribution in [0.1, 0.15) is 30.1 Å². The summed E-state index contributed by atoms with van der Waals surface area (Å²) in [5.41, 5.74) is 3.04. The fraction of sp³-hybridized carbons (Fsp3) is 0.562. The van der Waals surface area contributed by atoms with Crippen LogP contribution in [0.25, 0.3) is 0 Å². The largest absolute Gasteiger partial charge is 0.381 e. The maximum Gasteiger partial charge on any atom is 0.169 e. The van der Waals surface area contributed by atoms with Crippen molar-refractivity contribution in [3.8, 4) is 0 Å². The van der Waals surface area contributed by atoms with Gasteiger partial charge in [-0.05, 0) is 25.6 Å². The monoisotopic (exact) mass is 273 g/mol. The maximum absolute atomic E-state index is 12.5. The zero-order chi connectivity index (χ0) is 14.1. The van der Waals surface area contributed by atoms with Crippen LogP contribution in [0.15, 0.2) is 18.2 Å². The molecule has 0 saturated carbocycles. The molecule has 0 radical (unpaired) electrons. The normalized spacial score (nSPS) is 23.4. The number of fused-ring (bicyclic) bond motifs is 1. The van der Waals surface area contributed by atoms with Gasteiger partial charge in [0, 0.05) is 50.0 Å². The molecule has 2 heterocycles. The van der Waals surface area contributed by atoms with Crippen molar-refractivity contribution in [1.82, 2.24) is 4.90 Å². The van der Waals surface area contributed by atoms with Gasteiger partial charge < -0.3 is 15.1 Å². The standard InChI is InChI=1S/C16H23N3O/c1-3-12-11-15(20)16-13(17-12)5-4-6-14(16)19-9-7-18(2)8-10-19/h4-6,12,17H,3,7-11H2,1-2H3. The number of hydrogen-bond acceptors (Lipinski definition) is 4. The predicted molar refractivity (Wildman–Crippen MR) is 82.8 cm³/mol. The quantitative estimate of drug-likeness (QED) is 0.896. The number of rotatable bonds is 2. The summed E-state index contributed by atoms with van der Waals surface area (Å²) in [6.07, 6.45) is 1.61. The van der Waals surface area contributed by atoms with Gasteiger partial charge in [0.1, 0.15) is 0 Å². The number of carbonyl (C=O) groups is 1. The summed E-state index contributed by atoms with van der Waals surface area (Å²) in [5, 5.41) is 3.51. The number of anilines is 2. The van der Waals surface area contributed by atoms with E-state index in [0.29, 0.717) is 12.2 Å². The molecule has 0 aromatic heterocycles. The van der Waals surface area contributed by atoms with Gasteiger partial charge in [0.25, 0.3) is 0 Å². The molecule has 1 saturated heterocycles. The summed E-state index contributed by atoms with van der Waals surface area (Å²) >= 11 is 0. The van der Waals surface area contributed by atoms with Gasteiger partial charge >= 0.3 is 0 Å². The Balaban J connectivity index is 1.92. The van der Waals surface area contributed by atoms with Crippen LogP contribution in [0.2, 0.25) is 0 Å². The molecule has 4 nitrogen and oxygen atoms in total. The molecule has 2 aliphatic heterocycles. The second kappa shape index (κ2) is 5.44. The zero-order valence-corrected chi connectivity index (χ0v) is 12.4. The molecular weight excluding hydrogens is 250 g/mol. The van der Waals surface area contributed by atoms with Crippen LogP contribution >= 0.6 is 0 Å². The second-order valence-electron chi connectivity index (χ2n) is 5.87. The molecule has 1 aromatic rings. The van der Waals surface area contributed by atoms with Crippen LogP contribution in [0.4, 0.5) is 11.4 Å². The van der Waals surface area contributed by atoms with Gasteiger partial charge in [-0.15, -0.1) is 0 Å². The van der Waals surface area contributed by atoms with Gasteiger partial charge in [-0.2, -0.15) is 0 Å². The van der Waals surface area contributed by atoms with Crippen LogP contribution in [0, 0.1) is 0 Å². The smallest absolute Gasteiger partial charge is 0.169 e. The molecule has 0 spiro atoms. The lowest BCUT2D eigenvalue weighted by molar-refractivity contribution is 0.0972. The van der Waals surface area contributed by atoms with Crippen molar-refractivity contribution in [2.24, 2.45) is 0 Å². The Morgan fingerprint density at radius 1 is 1.25 bits per heavy atom. The molecule has 1 aromatic carbocycles. The number of ketones is 1. The third-order valence-corrected chi connectivity index (χ3v) is 4.45. The summed E-state index contributed by atoms with van der Waals surface area (Å²) in [6, 6.07) is 6.48. The van der Waals surface area contributed by atoms with Crippen molar-refractivity contribution >= 4 is 17.2 Å². The van der Waals surface area contributed by atoms with E-state index >= 15 is 0 Å². The minimum absolute atomic E-state index is 0.290. The lowest BCUT2D eigenvalue weighted by Gasteiger charge is -2.36. The highest BCUT2D eigenvalue weighted by Crippen LogP contribution is 2.34. The maximum atomic E-state index is 12.5. The molecule has 1 N–H and O–H groups in total. The minimum atomic E-state index is 0.290. The van der Waals surface area contributed by atoms with Gasteiger partial charge in [-0.3, -0.25) is 4.79 Å². The molecule has 20 heavy (non-hydrogen) atoms. The fourth-order valence-corrected chi connectivity index (χ4v) is 3.11. The SMILES string of the molecule is CCC1CC(=O)c2c(cccc2N2CCN(C)CC2)N1. The van der Waals surface area contributed by atoms with E-state index in [0.717, 1.165) is 49.5 Å². The lowest BCUT2D eigenvalue weighted by atomic mass is 9.93. The van der Waals surface area contributed by atoms with E-state index in [1.807, 2.05) is 6.07 Å². The Morgan fingerprint density at radius 3 is 2.70 bits per heavy atom. The summed E-state index contributed by atoms with van der Waals surface area (Å²) in [4.78, 5) is 17.2. The van der Waals surface area contributed by atoms with Gasteiger partial charge in [0.05, 0.1) is 5.56 Å². The van der Waals surface area contributed by atoms with E-state index in [-0.39, 0.29) is 6.04 Å². The molecular formula is C16H23N3O. The van der Waals surface area contributed by atoms with Crippen molar-refractivity contribution < 1.29 is 4.79 Å². The third-order valence-electron chi connectivity index (χ3n) is 4.45. The van der Waals surface area contributed by atoms with E-state index in [1.54, 1.807) is 0 Å². The highest BCUT2D eigenvalue weighted by atomic mass is 16.1. The number of hydrogen-bond donors (Lipinski definition) is 1. The second-order valence-corrected chi connectivity index (χ2v) is 5.87. The Morgan fingerprint density at radius 2 is 2.00 bits per heavy atom. The van der Waals surface area contributed by atoms with Crippen molar-refractivity contribution in [3.05, 3.63) is 23.8 Å². The van der Waals surface area contributed by atoms with Crippen molar-refractivity contribution in [1.29, 1.82) is 0 Å². The summed E-state index contributed by atoms with van der Waals surface area (Å²) < 4.78 is 0. The topological polar surface area (TPSA) is 35.6 Å². The third kappa shape index (κ3) is 2.40. The number of benzene rings is 1. The van der Waals surface area contributed by atoms with Gasteiger partial charge in [0.2, 0.25) is 0 Å². The molecule has 108 valence electrons.